The SMILES string of the molecule is COCCN(Cc1cnc(S(=O)(=O)Cc2ccccc2F)n1C[C@@H]1CCCO1)C(=O)c1ccc(C(F)(F)F)cc1. The lowest BCUT2D eigenvalue weighted by molar-refractivity contribution is -0.137. The third kappa shape index (κ3) is 7.07. The third-order valence-electron chi connectivity index (χ3n) is 6.56. The van der Waals surface area contributed by atoms with Crippen molar-refractivity contribution in [3.8, 4) is 0 Å². The molecular weight excluding hydrogens is 554 g/mol. The van der Waals surface area contributed by atoms with Gasteiger partial charge in [0.05, 0.1) is 49.0 Å². The number of alkyl halides is 3. The van der Waals surface area contributed by atoms with Crippen molar-refractivity contribution in [2.45, 2.75) is 49.1 Å². The number of methoxy groups -OCH3 is 1. The minimum atomic E-state index is -4.54. The van der Waals surface area contributed by atoms with Gasteiger partial charge in [-0.15, -0.1) is 0 Å². The van der Waals surface area contributed by atoms with Crippen LogP contribution in [0.15, 0.2) is 59.9 Å². The standard InChI is InChI=1S/C27H29F4N3O5S/c1-38-14-12-33(25(35)19-8-10-21(11-9-19)27(29,30)31)16-22-15-32-26(34(22)17-23-6-4-13-39-23)40(36,37)18-20-5-2-3-7-24(20)28/h2-3,5,7-11,15,23H,4,6,12-14,16-18H2,1H3/t23-/m0/s1. The molecule has 1 fully saturated rings. The van der Waals surface area contributed by atoms with Crippen LogP contribution in [0.2, 0.25) is 0 Å². The third-order valence-corrected chi connectivity index (χ3v) is 8.13. The van der Waals surface area contributed by atoms with E-state index in [0.717, 1.165) is 30.7 Å². The monoisotopic (exact) mass is 583 g/mol. The quantitative estimate of drug-likeness (QED) is 0.309. The van der Waals surface area contributed by atoms with E-state index in [4.69, 9.17) is 9.47 Å². The minimum absolute atomic E-state index is 0.00470. The molecule has 2 aromatic carbocycles. The summed E-state index contributed by atoms with van der Waals surface area (Å²) >= 11 is 0. The van der Waals surface area contributed by atoms with Gasteiger partial charge in [-0.25, -0.2) is 17.8 Å². The summed E-state index contributed by atoms with van der Waals surface area (Å²) in [6.07, 6.45) is -1.99. The summed E-state index contributed by atoms with van der Waals surface area (Å²) < 4.78 is 92.4. The normalized spacial score (nSPS) is 15.9. The lowest BCUT2D eigenvalue weighted by Gasteiger charge is -2.24. The molecule has 0 aliphatic carbocycles. The first kappa shape index (κ1) is 29.7. The van der Waals surface area contributed by atoms with Crippen LogP contribution in [0.4, 0.5) is 17.6 Å². The van der Waals surface area contributed by atoms with Crippen LogP contribution in [0.25, 0.3) is 0 Å². The Kier molecular flexibility index (Phi) is 9.26. The summed E-state index contributed by atoms with van der Waals surface area (Å²) in [6, 6.07) is 9.42. The van der Waals surface area contributed by atoms with Crippen molar-refractivity contribution < 1.29 is 40.2 Å². The number of hydrogen-bond acceptors (Lipinski definition) is 6. The summed E-state index contributed by atoms with van der Waals surface area (Å²) in [4.78, 5) is 18.8. The Morgan fingerprint density at radius 2 is 1.90 bits per heavy atom. The molecule has 4 rings (SSSR count). The van der Waals surface area contributed by atoms with Crippen LogP contribution >= 0.6 is 0 Å². The van der Waals surface area contributed by atoms with Gasteiger partial charge in [0.1, 0.15) is 5.82 Å². The van der Waals surface area contributed by atoms with Gasteiger partial charge in [-0.3, -0.25) is 4.79 Å². The Morgan fingerprint density at radius 1 is 1.18 bits per heavy atom. The van der Waals surface area contributed by atoms with E-state index in [1.165, 1.54) is 41.0 Å². The molecule has 1 atom stereocenters. The molecule has 0 spiro atoms. The molecule has 0 radical (unpaired) electrons. The topological polar surface area (TPSA) is 90.7 Å². The molecule has 0 bridgehead atoms. The minimum Gasteiger partial charge on any atom is -0.383 e. The second-order valence-electron chi connectivity index (χ2n) is 9.42. The molecule has 0 saturated carbocycles. The highest BCUT2D eigenvalue weighted by Gasteiger charge is 2.31. The van der Waals surface area contributed by atoms with Crippen molar-refractivity contribution in [3.63, 3.8) is 0 Å². The lowest BCUT2D eigenvalue weighted by Crippen LogP contribution is -2.35. The van der Waals surface area contributed by atoms with Gasteiger partial charge < -0.3 is 18.9 Å². The summed E-state index contributed by atoms with van der Waals surface area (Å²) in [5.41, 5.74) is -0.484. The molecule has 1 amide bonds. The molecule has 3 aromatic rings. The van der Waals surface area contributed by atoms with Gasteiger partial charge in [-0.05, 0) is 43.2 Å². The molecule has 1 aliphatic rings. The highest BCUT2D eigenvalue weighted by atomic mass is 32.2. The number of aromatic nitrogens is 2. The number of nitrogens with zero attached hydrogens (tertiary/aromatic N) is 3. The molecule has 0 unspecified atom stereocenters. The molecule has 216 valence electrons. The maximum absolute atomic E-state index is 14.3. The van der Waals surface area contributed by atoms with Crippen molar-refractivity contribution in [3.05, 3.63) is 82.9 Å². The van der Waals surface area contributed by atoms with Gasteiger partial charge in [-0.1, -0.05) is 18.2 Å². The number of carbonyl (C=O) groups is 1. The number of hydrogen-bond donors (Lipinski definition) is 0. The number of imidazole rings is 1. The van der Waals surface area contributed by atoms with Crippen LogP contribution in [0.3, 0.4) is 0 Å². The van der Waals surface area contributed by atoms with Gasteiger partial charge in [0.15, 0.2) is 0 Å². The first-order valence-corrected chi connectivity index (χ1v) is 14.2. The zero-order chi connectivity index (χ0) is 28.9. The van der Waals surface area contributed by atoms with Crippen LogP contribution in [-0.4, -0.2) is 61.7 Å². The average molecular weight is 584 g/mol. The molecule has 40 heavy (non-hydrogen) atoms. The number of sulfone groups is 1. The average Bonchev–Trinajstić information content (AvgIpc) is 3.58. The highest BCUT2D eigenvalue weighted by molar-refractivity contribution is 7.90. The first-order valence-electron chi connectivity index (χ1n) is 12.6. The molecule has 2 heterocycles. The van der Waals surface area contributed by atoms with Gasteiger partial charge in [-0.2, -0.15) is 13.2 Å². The second-order valence-corrected chi connectivity index (χ2v) is 11.3. The Labute approximate surface area is 229 Å². The van der Waals surface area contributed by atoms with E-state index in [-0.39, 0.29) is 48.6 Å². The Morgan fingerprint density at radius 3 is 2.52 bits per heavy atom. The fourth-order valence-corrected chi connectivity index (χ4v) is 5.99. The fraction of sp³-hybridized carbons (Fsp3) is 0.407. The van der Waals surface area contributed by atoms with Gasteiger partial charge >= 0.3 is 6.18 Å². The summed E-state index contributed by atoms with van der Waals surface area (Å²) in [5, 5.41) is -0.282. The number of carbonyl (C=O) groups excluding carboxylic acids is 1. The molecule has 8 nitrogen and oxygen atoms in total. The van der Waals surface area contributed by atoms with E-state index < -0.39 is 39.1 Å². The van der Waals surface area contributed by atoms with Crippen LogP contribution < -0.4 is 0 Å². The number of amides is 1. The summed E-state index contributed by atoms with van der Waals surface area (Å²) in [5.74, 6) is -1.83. The predicted octanol–water partition coefficient (Wildman–Crippen LogP) is 4.48. The van der Waals surface area contributed by atoms with Crippen LogP contribution in [-0.2, 0) is 44.3 Å². The molecular formula is C27H29F4N3O5S. The molecule has 13 heteroatoms. The number of ether oxygens (including phenoxy) is 2. The first-order chi connectivity index (χ1) is 19.0. The van der Waals surface area contributed by atoms with Crippen molar-refractivity contribution in [2.75, 3.05) is 26.9 Å². The Bertz CT molecular complexity index is 1420. The molecule has 1 aromatic heterocycles. The van der Waals surface area contributed by atoms with Crippen LogP contribution in [0.5, 0.6) is 0 Å². The number of halogens is 4. The van der Waals surface area contributed by atoms with Crippen molar-refractivity contribution in [1.82, 2.24) is 14.5 Å². The van der Waals surface area contributed by atoms with Crippen molar-refractivity contribution in [1.29, 1.82) is 0 Å². The van der Waals surface area contributed by atoms with E-state index in [2.05, 4.69) is 4.98 Å². The molecule has 1 aliphatic heterocycles. The zero-order valence-electron chi connectivity index (χ0n) is 21.7. The van der Waals surface area contributed by atoms with Crippen LogP contribution in [0, 0.1) is 5.82 Å². The van der Waals surface area contributed by atoms with Gasteiger partial charge in [0.25, 0.3) is 5.91 Å². The summed E-state index contributed by atoms with van der Waals surface area (Å²) in [6.45, 7) is 0.785. The van der Waals surface area contributed by atoms with Crippen molar-refractivity contribution >= 4 is 15.7 Å². The maximum atomic E-state index is 14.3. The van der Waals surface area contributed by atoms with E-state index in [1.54, 1.807) is 6.07 Å². The van der Waals surface area contributed by atoms with Crippen molar-refractivity contribution in [2.24, 2.45) is 0 Å². The molecule has 1 saturated heterocycles. The second kappa shape index (κ2) is 12.5. The smallest absolute Gasteiger partial charge is 0.383 e. The van der Waals surface area contributed by atoms with Gasteiger partial charge in [0.2, 0.25) is 15.0 Å². The van der Waals surface area contributed by atoms with Crippen LogP contribution in [0.1, 0.15) is 40.0 Å². The predicted molar refractivity (Wildman–Crippen MR) is 137 cm³/mol. The summed E-state index contributed by atoms with van der Waals surface area (Å²) in [7, 11) is -2.67. The largest absolute Gasteiger partial charge is 0.416 e. The lowest BCUT2D eigenvalue weighted by atomic mass is 10.1. The van der Waals surface area contributed by atoms with E-state index in [0.29, 0.717) is 18.7 Å². The maximum Gasteiger partial charge on any atom is 0.416 e. The number of rotatable bonds is 11. The molecule has 0 N–H and O–H groups in total. The van der Waals surface area contributed by atoms with E-state index in [9.17, 15) is 30.8 Å². The van der Waals surface area contributed by atoms with Gasteiger partial charge in [0, 0.05) is 31.4 Å². The number of benzene rings is 2. The fourth-order valence-electron chi connectivity index (χ4n) is 4.47. The highest BCUT2D eigenvalue weighted by Crippen LogP contribution is 2.29. The van der Waals surface area contributed by atoms with E-state index >= 15 is 0 Å². The van der Waals surface area contributed by atoms with E-state index in [1.807, 2.05) is 0 Å². The zero-order valence-corrected chi connectivity index (χ0v) is 22.5. The Hall–Kier alpha value is -3.29. The Balaban J connectivity index is 1.66.